The molecule has 0 heterocycles. The fourth-order valence-corrected chi connectivity index (χ4v) is 2.29. The van der Waals surface area contributed by atoms with Gasteiger partial charge in [-0.2, -0.15) is 13.2 Å². The standard InChI is InChI=1S/C15H13ClF3N3S/c16-13-11(15(17,18)19)2-1-3-12(13)22-14(23)21-8-9-4-6-10(20)7-5-9/h1-7H,8,20H2,(H2,21,22,23). The largest absolute Gasteiger partial charge is 0.417 e. The molecule has 2 rings (SSSR count). The molecule has 0 saturated heterocycles. The highest BCUT2D eigenvalue weighted by atomic mass is 35.5. The van der Waals surface area contributed by atoms with E-state index >= 15 is 0 Å². The van der Waals surface area contributed by atoms with E-state index in [4.69, 9.17) is 29.6 Å². The number of halogens is 4. The molecule has 0 unspecified atom stereocenters. The molecule has 0 aliphatic heterocycles. The zero-order chi connectivity index (χ0) is 17.0. The summed E-state index contributed by atoms with van der Waals surface area (Å²) in [7, 11) is 0. The summed E-state index contributed by atoms with van der Waals surface area (Å²) in [5.41, 5.74) is 6.34. The molecule has 0 aliphatic rings. The number of hydrogen-bond donors (Lipinski definition) is 3. The van der Waals surface area contributed by atoms with Crippen LogP contribution < -0.4 is 16.4 Å². The topological polar surface area (TPSA) is 50.1 Å². The third-order valence-electron chi connectivity index (χ3n) is 2.99. The molecule has 2 aromatic carbocycles. The van der Waals surface area contributed by atoms with Gasteiger partial charge in [0.15, 0.2) is 5.11 Å². The molecule has 0 aromatic heterocycles. The first-order chi connectivity index (χ1) is 10.8. The molecule has 2 aromatic rings. The lowest BCUT2D eigenvalue weighted by Gasteiger charge is -2.15. The van der Waals surface area contributed by atoms with Gasteiger partial charge in [-0.3, -0.25) is 0 Å². The van der Waals surface area contributed by atoms with Crippen molar-refractivity contribution < 1.29 is 13.2 Å². The molecule has 0 fully saturated rings. The van der Waals surface area contributed by atoms with Gasteiger partial charge in [0.05, 0.1) is 16.3 Å². The molecule has 23 heavy (non-hydrogen) atoms. The Balaban J connectivity index is 2.02. The molecular formula is C15H13ClF3N3S. The molecule has 0 radical (unpaired) electrons. The van der Waals surface area contributed by atoms with Crippen LogP contribution in [0.2, 0.25) is 5.02 Å². The van der Waals surface area contributed by atoms with Crippen molar-refractivity contribution in [3.05, 3.63) is 58.6 Å². The fourth-order valence-electron chi connectivity index (χ4n) is 1.83. The van der Waals surface area contributed by atoms with Crippen molar-refractivity contribution in [2.24, 2.45) is 0 Å². The summed E-state index contributed by atoms with van der Waals surface area (Å²) in [6.07, 6.45) is -4.52. The van der Waals surface area contributed by atoms with Crippen LogP contribution in [-0.4, -0.2) is 5.11 Å². The van der Waals surface area contributed by atoms with E-state index in [1.165, 1.54) is 12.1 Å². The van der Waals surface area contributed by atoms with Crippen LogP contribution in [0.5, 0.6) is 0 Å². The molecule has 4 N–H and O–H groups in total. The highest BCUT2D eigenvalue weighted by Gasteiger charge is 2.33. The highest BCUT2D eigenvalue weighted by Crippen LogP contribution is 2.38. The number of rotatable bonds is 3. The van der Waals surface area contributed by atoms with Gasteiger partial charge in [-0.25, -0.2) is 0 Å². The summed E-state index contributed by atoms with van der Waals surface area (Å²) in [5, 5.41) is 5.31. The number of benzene rings is 2. The van der Waals surface area contributed by atoms with E-state index in [0.717, 1.165) is 11.6 Å². The monoisotopic (exact) mass is 359 g/mol. The molecule has 0 bridgehead atoms. The number of nitrogens with two attached hydrogens (primary N) is 1. The first-order valence-electron chi connectivity index (χ1n) is 6.52. The number of alkyl halides is 3. The predicted molar refractivity (Wildman–Crippen MR) is 90.4 cm³/mol. The van der Waals surface area contributed by atoms with Gasteiger partial charge in [-0.15, -0.1) is 0 Å². The third kappa shape index (κ3) is 4.74. The van der Waals surface area contributed by atoms with E-state index in [1.807, 2.05) is 12.1 Å². The Kier molecular flexibility index (Phi) is 5.33. The van der Waals surface area contributed by atoms with Crippen molar-refractivity contribution in [1.82, 2.24) is 5.32 Å². The number of thiocarbonyl (C=S) groups is 1. The Morgan fingerprint density at radius 2 is 1.78 bits per heavy atom. The average Bonchev–Trinajstić information content (AvgIpc) is 2.47. The molecule has 122 valence electrons. The number of hydrogen-bond acceptors (Lipinski definition) is 2. The van der Waals surface area contributed by atoms with Gasteiger partial charge in [0.25, 0.3) is 0 Å². The van der Waals surface area contributed by atoms with Crippen LogP contribution in [0.15, 0.2) is 42.5 Å². The van der Waals surface area contributed by atoms with Gasteiger partial charge >= 0.3 is 6.18 Å². The van der Waals surface area contributed by atoms with Crippen LogP contribution in [0.25, 0.3) is 0 Å². The van der Waals surface area contributed by atoms with Crippen molar-refractivity contribution >= 4 is 40.3 Å². The fraction of sp³-hybridized carbons (Fsp3) is 0.133. The zero-order valence-electron chi connectivity index (χ0n) is 11.7. The van der Waals surface area contributed by atoms with E-state index in [-0.39, 0.29) is 10.8 Å². The van der Waals surface area contributed by atoms with Crippen LogP contribution in [0, 0.1) is 0 Å². The van der Waals surface area contributed by atoms with E-state index in [0.29, 0.717) is 12.2 Å². The minimum Gasteiger partial charge on any atom is -0.399 e. The lowest BCUT2D eigenvalue weighted by molar-refractivity contribution is -0.137. The van der Waals surface area contributed by atoms with E-state index in [2.05, 4.69) is 10.6 Å². The van der Waals surface area contributed by atoms with Crippen molar-refractivity contribution in [1.29, 1.82) is 0 Å². The molecule has 8 heteroatoms. The lowest BCUT2D eigenvalue weighted by atomic mass is 10.2. The lowest BCUT2D eigenvalue weighted by Crippen LogP contribution is -2.28. The second-order valence-corrected chi connectivity index (χ2v) is 5.50. The van der Waals surface area contributed by atoms with Crippen molar-refractivity contribution in [2.45, 2.75) is 12.7 Å². The van der Waals surface area contributed by atoms with E-state index in [9.17, 15) is 13.2 Å². The molecule has 0 aliphatic carbocycles. The Morgan fingerprint density at radius 3 is 2.39 bits per heavy atom. The van der Waals surface area contributed by atoms with E-state index in [1.54, 1.807) is 12.1 Å². The Morgan fingerprint density at radius 1 is 1.13 bits per heavy atom. The normalized spacial score (nSPS) is 11.1. The van der Waals surface area contributed by atoms with Gasteiger partial charge in [-0.05, 0) is 42.0 Å². The maximum Gasteiger partial charge on any atom is 0.417 e. The van der Waals surface area contributed by atoms with Gasteiger partial charge in [0.1, 0.15) is 0 Å². The molecule has 0 amide bonds. The van der Waals surface area contributed by atoms with Gasteiger partial charge < -0.3 is 16.4 Å². The molecule has 0 spiro atoms. The van der Waals surface area contributed by atoms with E-state index < -0.39 is 16.8 Å². The minimum absolute atomic E-state index is 0.0938. The van der Waals surface area contributed by atoms with Gasteiger partial charge in [0, 0.05) is 12.2 Å². The van der Waals surface area contributed by atoms with Crippen LogP contribution in [0.3, 0.4) is 0 Å². The van der Waals surface area contributed by atoms with Crippen molar-refractivity contribution in [2.75, 3.05) is 11.1 Å². The third-order valence-corrected chi connectivity index (χ3v) is 3.64. The maximum absolute atomic E-state index is 12.8. The van der Waals surface area contributed by atoms with Gasteiger partial charge in [-0.1, -0.05) is 29.8 Å². The molecule has 3 nitrogen and oxygen atoms in total. The maximum atomic E-state index is 12.8. The Hall–Kier alpha value is -1.99. The SMILES string of the molecule is Nc1ccc(CNC(=S)Nc2cccc(C(F)(F)F)c2Cl)cc1. The summed E-state index contributed by atoms with van der Waals surface area (Å²) in [6, 6.07) is 10.7. The summed E-state index contributed by atoms with van der Waals surface area (Å²) in [6.45, 7) is 0.405. The summed E-state index contributed by atoms with van der Waals surface area (Å²) >= 11 is 10.9. The molecule has 0 saturated carbocycles. The Bertz CT molecular complexity index is 702. The summed E-state index contributed by atoms with van der Waals surface area (Å²) < 4.78 is 38.4. The molecular weight excluding hydrogens is 347 g/mol. The minimum atomic E-state index is -4.52. The zero-order valence-corrected chi connectivity index (χ0v) is 13.3. The second kappa shape index (κ2) is 7.06. The average molecular weight is 360 g/mol. The van der Waals surface area contributed by atoms with Crippen LogP contribution >= 0.6 is 23.8 Å². The quantitative estimate of drug-likeness (QED) is 0.560. The van der Waals surface area contributed by atoms with Crippen molar-refractivity contribution in [3.8, 4) is 0 Å². The summed E-state index contributed by atoms with van der Waals surface area (Å²) in [4.78, 5) is 0. The number of nitrogens with one attached hydrogen (secondary N) is 2. The number of nitrogen functional groups attached to an aromatic ring is 1. The Labute approximate surface area is 141 Å². The first kappa shape index (κ1) is 17.4. The van der Waals surface area contributed by atoms with Crippen LogP contribution in [-0.2, 0) is 12.7 Å². The highest BCUT2D eigenvalue weighted by molar-refractivity contribution is 7.80. The number of anilines is 2. The van der Waals surface area contributed by atoms with Crippen molar-refractivity contribution in [3.63, 3.8) is 0 Å². The van der Waals surface area contributed by atoms with Crippen LogP contribution in [0.4, 0.5) is 24.5 Å². The first-order valence-corrected chi connectivity index (χ1v) is 7.31. The predicted octanol–water partition coefficient (Wildman–Crippen LogP) is 4.43. The van der Waals surface area contributed by atoms with Gasteiger partial charge in [0.2, 0.25) is 0 Å². The smallest absolute Gasteiger partial charge is 0.399 e. The van der Waals surface area contributed by atoms with Crippen LogP contribution in [0.1, 0.15) is 11.1 Å². The summed E-state index contributed by atoms with van der Waals surface area (Å²) in [5.74, 6) is 0. The second-order valence-electron chi connectivity index (χ2n) is 4.71. The molecule has 0 atom stereocenters.